The van der Waals surface area contributed by atoms with Gasteiger partial charge in [0.25, 0.3) is 5.69 Å². The van der Waals surface area contributed by atoms with E-state index in [0.29, 0.717) is 13.1 Å². The van der Waals surface area contributed by atoms with Crippen LogP contribution in [0.4, 0.5) is 11.4 Å². The van der Waals surface area contributed by atoms with Crippen LogP contribution in [0.25, 0.3) is 6.08 Å². The predicted octanol–water partition coefficient (Wildman–Crippen LogP) is 3.19. The number of benzene rings is 2. The Labute approximate surface area is 191 Å². The summed E-state index contributed by atoms with van der Waals surface area (Å²) in [7, 11) is -3.57. The summed E-state index contributed by atoms with van der Waals surface area (Å²) in [6, 6.07) is 12.4. The van der Waals surface area contributed by atoms with Gasteiger partial charge in [0.2, 0.25) is 15.9 Å². The SMILES string of the molecule is CC(C(=O)Nc1cc([N+](=O)[O-])ccc1Cl)N1CCN(S(=O)(=O)/C=C/c2ccccc2)CC1. The average molecular weight is 479 g/mol. The Morgan fingerprint density at radius 2 is 1.81 bits per heavy atom. The van der Waals surface area contributed by atoms with E-state index in [4.69, 9.17) is 11.6 Å². The lowest BCUT2D eigenvalue weighted by molar-refractivity contribution is -0.384. The van der Waals surface area contributed by atoms with Crippen LogP contribution in [0.5, 0.6) is 0 Å². The van der Waals surface area contributed by atoms with Crippen LogP contribution in [0.2, 0.25) is 5.02 Å². The number of rotatable bonds is 7. The molecule has 0 bridgehead atoms. The normalized spacial score (nSPS) is 16.7. The fraction of sp³-hybridized carbons (Fsp3) is 0.286. The minimum absolute atomic E-state index is 0.157. The standard InChI is InChI=1S/C21H23ClN4O5S/c1-16(21(27)23-20-15-18(26(28)29)7-8-19(20)22)24-10-12-25(13-11-24)32(30,31)14-9-17-5-3-2-4-6-17/h2-9,14-16H,10-13H2,1H3,(H,23,27)/b14-9+. The van der Waals surface area contributed by atoms with Gasteiger partial charge in [0.15, 0.2) is 0 Å². The van der Waals surface area contributed by atoms with Crippen LogP contribution < -0.4 is 5.32 Å². The highest BCUT2D eigenvalue weighted by atomic mass is 35.5. The summed E-state index contributed by atoms with van der Waals surface area (Å²) in [5, 5.41) is 15.0. The number of nitro groups is 1. The summed E-state index contributed by atoms with van der Waals surface area (Å²) in [6.45, 7) is 2.93. The third kappa shape index (κ3) is 5.92. The summed E-state index contributed by atoms with van der Waals surface area (Å²) in [5.41, 5.74) is 0.768. The summed E-state index contributed by atoms with van der Waals surface area (Å²) in [5.74, 6) is -0.382. The van der Waals surface area contributed by atoms with E-state index in [0.717, 1.165) is 5.56 Å². The van der Waals surface area contributed by atoms with Crippen LogP contribution in [0, 0.1) is 10.1 Å². The van der Waals surface area contributed by atoms with Gasteiger partial charge in [0.1, 0.15) is 0 Å². The van der Waals surface area contributed by atoms with E-state index in [1.807, 2.05) is 35.2 Å². The number of nitrogens with one attached hydrogen (secondary N) is 1. The van der Waals surface area contributed by atoms with Gasteiger partial charge in [0, 0.05) is 43.7 Å². The molecule has 0 aliphatic carbocycles. The first-order valence-electron chi connectivity index (χ1n) is 9.89. The van der Waals surface area contributed by atoms with Crippen molar-refractivity contribution in [3.8, 4) is 0 Å². The van der Waals surface area contributed by atoms with Crippen LogP contribution in [0.1, 0.15) is 12.5 Å². The molecule has 1 atom stereocenters. The number of hydrogen-bond donors (Lipinski definition) is 1. The number of amides is 1. The van der Waals surface area contributed by atoms with Gasteiger partial charge in [-0.1, -0.05) is 41.9 Å². The van der Waals surface area contributed by atoms with Gasteiger partial charge in [-0.3, -0.25) is 19.8 Å². The molecule has 3 rings (SSSR count). The quantitative estimate of drug-likeness (QED) is 0.483. The zero-order valence-corrected chi connectivity index (χ0v) is 18.9. The van der Waals surface area contributed by atoms with Crippen LogP contribution in [0.3, 0.4) is 0 Å². The van der Waals surface area contributed by atoms with E-state index in [-0.39, 0.29) is 35.4 Å². The number of sulfonamides is 1. The highest BCUT2D eigenvalue weighted by Crippen LogP contribution is 2.27. The highest BCUT2D eigenvalue weighted by molar-refractivity contribution is 7.92. The first-order chi connectivity index (χ1) is 15.2. The van der Waals surface area contributed by atoms with Crippen LogP contribution in [-0.2, 0) is 14.8 Å². The minimum atomic E-state index is -3.57. The number of halogens is 1. The molecule has 2 aromatic carbocycles. The summed E-state index contributed by atoms with van der Waals surface area (Å²) < 4.78 is 26.6. The minimum Gasteiger partial charge on any atom is -0.323 e. The molecule has 1 aliphatic heterocycles. The zero-order chi connectivity index (χ0) is 23.3. The summed E-state index contributed by atoms with van der Waals surface area (Å²) in [4.78, 5) is 24.9. The molecular weight excluding hydrogens is 456 g/mol. The van der Waals surface area contributed by atoms with E-state index < -0.39 is 21.0 Å². The van der Waals surface area contributed by atoms with Crippen LogP contribution >= 0.6 is 11.6 Å². The molecule has 9 nitrogen and oxygen atoms in total. The smallest absolute Gasteiger partial charge is 0.271 e. The fourth-order valence-corrected chi connectivity index (χ4v) is 4.62. The molecule has 0 aromatic heterocycles. The lowest BCUT2D eigenvalue weighted by Gasteiger charge is -2.36. The Morgan fingerprint density at radius 3 is 2.44 bits per heavy atom. The van der Waals surface area contributed by atoms with Gasteiger partial charge in [-0.2, -0.15) is 4.31 Å². The maximum Gasteiger partial charge on any atom is 0.271 e. The third-order valence-corrected chi connectivity index (χ3v) is 7.11. The summed E-state index contributed by atoms with van der Waals surface area (Å²) >= 11 is 6.05. The zero-order valence-electron chi connectivity index (χ0n) is 17.3. The van der Waals surface area contributed by atoms with E-state index >= 15 is 0 Å². The van der Waals surface area contributed by atoms with Crippen molar-refractivity contribution in [1.29, 1.82) is 0 Å². The molecule has 1 N–H and O–H groups in total. The Balaban J connectivity index is 1.58. The molecule has 2 aromatic rings. The van der Waals surface area contributed by atoms with Crippen molar-refractivity contribution in [2.24, 2.45) is 0 Å². The van der Waals surface area contributed by atoms with Gasteiger partial charge < -0.3 is 5.32 Å². The number of nitrogens with zero attached hydrogens (tertiary/aromatic N) is 3. The molecule has 1 aliphatic rings. The summed E-state index contributed by atoms with van der Waals surface area (Å²) in [6.07, 6.45) is 1.56. The van der Waals surface area contributed by atoms with Crippen molar-refractivity contribution in [3.63, 3.8) is 0 Å². The first-order valence-corrected chi connectivity index (χ1v) is 11.8. The predicted molar refractivity (Wildman–Crippen MR) is 124 cm³/mol. The number of carbonyl (C=O) groups excluding carboxylic acids is 1. The molecule has 170 valence electrons. The van der Waals surface area contributed by atoms with Crippen molar-refractivity contribution in [2.45, 2.75) is 13.0 Å². The van der Waals surface area contributed by atoms with Gasteiger partial charge in [-0.25, -0.2) is 8.42 Å². The number of hydrogen-bond acceptors (Lipinski definition) is 6. The third-order valence-electron chi connectivity index (χ3n) is 5.21. The van der Waals surface area contributed by atoms with Gasteiger partial charge in [-0.15, -0.1) is 0 Å². The lowest BCUT2D eigenvalue weighted by atomic mass is 10.2. The Kier molecular flexibility index (Phi) is 7.62. The molecular formula is C21H23ClN4O5S. The largest absolute Gasteiger partial charge is 0.323 e. The van der Waals surface area contributed by atoms with Gasteiger partial charge >= 0.3 is 0 Å². The van der Waals surface area contributed by atoms with Crippen molar-refractivity contribution in [2.75, 3.05) is 31.5 Å². The molecule has 1 saturated heterocycles. The maximum atomic E-state index is 12.7. The molecule has 1 unspecified atom stereocenters. The van der Waals surface area contributed by atoms with Crippen molar-refractivity contribution in [1.82, 2.24) is 9.21 Å². The fourth-order valence-electron chi connectivity index (χ4n) is 3.29. The monoisotopic (exact) mass is 478 g/mol. The topological polar surface area (TPSA) is 113 Å². The van der Waals surface area contributed by atoms with Crippen LogP contribution in [0.15, 0.2) is 53.9 Å². The first kappa shape index (κ1) is 23.9. The van der Waals surface area contributed by atoms with Gasteiger partial charge in [-0.05, 0) is 24.6 Å². The van der Waals surface area contributed by atoms with Crippen molar-refractivity contribution >= 4 is 45.0 Å². The lowest BCUT2D eigenvalue weighted by Crippen LogP contribution is -2.53. The van der Waals surface area contributed by atoms with E-state index in [9.17, 15) is 23.3 Å². The maximum absolute atomic E-state index is 12.7. The molecule has 1 heterocycles. The second kappa shape index (κ2) is 10.2. The Hall–Kier alpha value is -2.79. The highest BCUT2D eigenvalue weighted by Gasteiger charge is 2.30. The molecule has 0 radical (unpaired) electrons. The molecule has 32 heavy (non-hydrogen) atoms. The molecule has 1 fully saturated rings. The second-order valence-corrected chi connectivity index (χ2v) is 9.51. The Morgan fingerprint density at radius 1 is 1.16 bits per heavy atom. The van der Waals surface area contributed by atoms with Crippen molar-refractivity contribution in [3.05, 3.63) is 74.6 Å². The number of nitro benzene ring substituents is 1. The Bertz CT molecular complexity index is 1120. The second-order valence-electron chi connectivity index (χ2n) is 7.28. The molecule has 1 amide bonds. The number of non-ortho nitro benzene ring substituents is 1. The molecule has 0 spiro atoms. The van der Waals surface area contributed by atoms with E-state index in [2.05, 4.69) is 5.32 Å². The van der Waals surface area contributed by atoms with Crippen LogP contribution in [-0.4, -0.2) is 60.7 Å². The molecule has 11 heteroatoms. The van der Waals surface area contributed by atoms with Gasteiger partial charge in [0.05, 0.1) is 21.7 Å². The number of piperazine rings is 1. The van der Waals surface area contributed by atoms with Crippen molar-refractivity contribution < 1.29 is 18.1 Å². The van der Waals surface area contributed by atoms with E-state index in [1.54, 1.807) is 13.0 Å². The number of anilines is 1. The average Bonchev–Trinajstić information content (AvgIpc) is 2.79. The van der Waals surface area contributed by atoms with E-state index in [1.165, 1.54) is 27.9 Å². The number of carbonyl (C=O) groups is 1. The molecule has 0 saturated carbocycles.